The lowest BCUT2D eigenvalue weighted by Gasteiger charge is -2.36. The minimum atomic E-state index is -0.214. The average molecular weight is 265 g/mol. The molecular formula is C13H23N5O. The van der Waals surface area contributed by atoms with Crippen LogP contribution in [0.25, 0.3) is 0 Å². The van der Waals surface area contributed by atoms with Crippen molar-refractivity contribution in [3.8, 4) is 0 Å². The maximum atomic E-state index is 12.6. The molecule has 1 saturated heterocycles. The van der Waals surface area contributed by atoms with E-state index in [-0.39, 0.29) is 17.4 Å². The van der Waals surface area contributed by atoms with Crippen molar-refractivity contribution < 1.29 is 4.79 Å². The number of aromatic amines is 1. The summed E-state index contributed by atoms with van der Waals surface area (Å²) < 4.78 is 0. The van der Waals surface area contributed by atoms with E-state index < -0.39 is 0 Å². The molecule has 3 N–H and O–H groups in total. The van der Waals surface area contributed by atoms with E-state index in [0.717, 1.165) is 38.8 Å². The Morgan fingerprint density at radius 3 is 2.84 bits per heavy atom. The van der Waals surface area contributed by atoms with Gasteiger partial charge < -0.3 is 10.6 Å². The van der Waals surface area contributed by atoms with Crippen LogP contribution >= 0.6 is 0 Å². The van der Waals surface area contributed by atoms with Crippen molar-refractivity contribution in [2.75, 3.05) is 13.1 Å². The van der Waals surface area contributed by atoms with E-state index in [4.69, 9.17) is 0 Å². The van der Waals surface area contributed by atoms with Crippen molar-refractivity contribution in [1.29, 1.82) is 0 Å². The van der Waals surface area contributed by atoms with Crippen LogP contribution in [0.5, 0.6) is 0 Å². The third kappa shape index (κ3) is 3.12. The molecule has 1 aromatic heterocycles. The number of rotatable bonds is 5. The van der Waals surface area contributed by atoms with Gasteiger partial charge in [-0.25, -0.2) is 4.98 Å². The first-order valence-corrected chi connectivity index (χ1v) is 7.05. The van der Waals surface area contributed by atoms with Crippen molar-refractivity contribution >= 4 is 5.91 Å². The van der Waals surface area contributed by atoms with Gasteiger partial charge in [0.25, 0.3) is 0 Å². The molecule has 0 saturated carbocycles. The molecule has 6 nitrogen and oxygen atoms in total. The summed E-state index contributed by atoms with van der Waals surface area (Å²) in [6.45, 7) is 5.91. The largest absolute Gasteiger partial charge is 0.346 e. The number of nitrogens with one attached hydrogen (secondary N) is 3. The summed E-state index contributed by atoms with van der Waals surface area (Å²) in [5, 5.41) is 13.0. The minimum absolute atomic E-state index is 0.126. The number of nitrogens with zero attached hydrogens (tertiary/aromatic N) is 2. The molecule has 6 heteroatoms. The molecule has 2 rings (SSSR count). The van der Waals surface area contributed by atoms with Crippen LogP contribution < -0.4 is 10.6 Å². The molecule has 1 aliphatic rings. The third-order valence-corrected chi connectivity index (χ3v) is 3.96. The smallest absolute Gasteiger partial charge is 0.226 e. The number of hydrogen-bond donors (Lipinski definition) is 3. The third-order valence-electron chi connectivity index (χ3n) is 3.96. The molecule has 0 aliphatic carbocycles. The second-order valence-electron chi connectivity index (χ2n) is 5.35. The average Bonchev–Trinajstić information content (AvgIpc) is 2.94. The van der Waals surface area contributed by atoms with E-state index >= 15 is 0 Å². The molecule has 1 aliphatic heterocycles. The fourth-order valence-electron chi connectivity index (χ4n) is 2.82. The lowest BCUT2D eigenvalue weighted by molar-refractivity contribution is -0.134. The van der Waals surface area contributed by atoms with Gasteiger partial charge in [-0.3, -0.25) is 9.89 Å². The predicted molar refractivity (Wildman–Crippen MR) is 72.4 cm³/mol. The Bertz CT molecular complexity index is 392. The molecule has 2 heterocycles. The van der Waals surface area contributed by atoms with Gasteiger partial charge in [0.1, 0.15) is 12.2 Å². The maximum Gasteiger partial charge on any atom is 0.226 e. The predicted octanol–water partition coefficient (Wildman–Crippen LogP) is 1.15. The maximum absolute atomic E-state index is 12.6. The van der Waals surface area contributed by atoms with Crippen LogP contribution in [0.3, 0.4) is 0 Å². The van der Waals surface area contributed by atoms with Gasteiger partial charge in [0.2, 0.25) is 5.91 Å². The minimum Gasteiger partial charge on any atom is -0.346 e. The Labute approximate surface area is 113 Å². The quantitative estimate of drug-likeness (QED) is 0.746. The number of carbonyl (C=O) groups is 1. The molecule has 1 aromatic rings. The Balaban J connectivity index is 2.03. The van der Waals surface area contributed by atoms with Crippen molar-refractivity contribution in [1.82, 2.24) is 25.8 Å². The van der Waals surface area contributed by atoms with Gasteiger partial charge in [0.15, 0.2) is 0 Å². The van der Waals surface area contributed by atoms with E-state index in [0.29, 0.717) is 5.82 Å². The zero-order chi connectivity index (χ0) is 13.7. The van der Waals surface area contributed by atoms with Gasteiger partial charge in [-0.1, -0.05) is 13.3 Å². The number of amides is 1. The van der Waals surface area contributed by atoms with Gasteiger partial charge in [0, 0.05) is 0 Å². The van der Waals surface area contributed by atoms with Crippen molar-refractivity contribution in [3.63, 3.8) is 0 Å². The van der Waals surface area contributed by atoms with Crippen LogP contribution in [0.4, 0.5) is 0 Å². The summed E-state index contributed by atoms with van der Waals surface area (Å²) in [5.74, 6) is 0.855. The molecule has 1 amide bonds. The van der Waals surface area contributed by atoms with E-state index in [1.165, 1.54) is 6.33 Å². The van der Waals surface area contributed by atoms with Gasteiger partial charge in [0.05, 0.1) is 11.5 Å². The second kappa shape index (κ2) is 6.14. The lowest BCUT2D eigenvalue weighted by Crippen LogP contribution is -2.48. The van der Waals surface area contributed by atoms with Gasteiger partial charge in [-0.2, -0.15) is 5.10 Å². The van der Waals surface area contributed by atoms with Crippen LogP contribution in [0.15, 0.2) is 6.33 Å². The number of hydrogen-bond acceptors (Lipinski definition) is 4. The monoisotopic (exact) mass is 265 g/mol. The number of carbonyl (C=O) groups excluding carboxylic acids is 1. The Kier molecular flexibility index (Phi) is 4.52. The van der Waals surface area contributed by atoms with Crippen LogP contribution in [0, 0.1) is 5.41 Å². The molecule has 106 valence electrons. The zero-order valence-electron chi connectivity index (χ0n) is 11.7. The highest BCUT2D eigenvalue weighted by atomic mass is 16.2. The molecule has 19 heavy (non-hydrogen) atoms. The number of piperidine rings is 1. The fourth-order valence-corrected chi connectivity index (χ4v) is 2.82. The normalized spacial score (nSPS) is 19.9. The van der Waals surface area contributed by atoms with Crippen LogP contribution in [-0.2, 0) is 4.79 Å². The van der Waals surface area contributed by atoms with E-state index in [2.05, 4.69) is 32.7 Å². The Morgan fingerprint density at radius 2 is 2.26 bits per heavy atom. The fraction of sp³-hybridized carbons (Fsp3) is 0.769. The molecule has 0 bridgehead atoms. The topological polar surface area (TPSA) is 82.7 Å². The van der Waals surface area contributed by atoms with E-state index in [1.54, 1.807) is 0 Å². The summed E-state index contributed by atoms with van der Waals surface area (Å²) in [6, 6.07) is -0.126. The molecule has 0 aromatic carbocycles. The van der Waals surface area contributed by atoms with Gasteiger partial charge in [-0.05, 0) is 39.3 Å². The zero-order valence-corrected chi connectivity index (χ0v) is 11.7. The summed E-state index contributed by atoms with van der Waals surface area (Å²) in [7, 11) is 0. The SMILES string of the molecule is CCCC1(C(=O)NC(C)c2ncn[nH]2)CCNCC1. The number of H-pyrrole nitrogens is 1. The summed E-state index contributed by atoms with van der Waals surface area (Å²) in [4.78, 5) is 16.7. The standard InChI is InChI=1S/C13H23N5O/c1-3-4-13(5-7-14-8-6-13)12(19)17-10(2)11-15-9-16-18-11/h9-10,14H,3-8H2,1-2H3,(H,17,19)(H,15,16,18). The molecule has 1 atom stereocenters. The summed E-state index contributed by atoms with van der Waals surface area (Å²) in [5.41, 5.74) is -0.214. The van der Waals surface area contributed by atoms with Crippen LogP contribution in [0.1, 0.15) is 51.4 Å². The summed E-state index contributed by atoms with van der Waals surface area (Å²) in [6.07, 6.45) is 5.27. The first kappa shape index (κ1) is 14.0. The molecule has 0 spiro atoms. The molecular weight excluding hydrogens is 242 g/mol. The van der Waals surface area contributed by atoms with Crippen molar-refractivity contribution in [2.45, 2.75) is 45.6 Å². The lowest BCUT2D eigenvalue weighted by atomic mass is 9.74. The highest BCUT2D eigenvalue weighted by molar-refractivity contribution is 5.83. The first-order chi connectivity index (χ1) is 9.18. The van der Waals surface area contributed by atoms with Crippen LogP contribution in [-0.4, -0.2) is 34.2 Å². The molecule has 0 radical (unpaired) electrons. The van der Waals surface area contributed by atoms with Gasteiger partial charge >= 0.3 is 0 Å². The van der Waals surface area contributed by atoms with E-state index in [9.17, 15) is 4.79 Å². The molecule has 1 unspecified atom stereocenters. The number of aromatic nitrogens is 3. The first-order valence-electron chi connectivity index (χ1n) is 7.05. The highest BCUT2D eigenvalue weighted by Crippen LogP contribution is 2.34. The molecule has 1 fully saturated rings. The van der Waals surface area contributed by atoms with Crippen molar-refractivity contribution in [2.24, 2.45) is 5.41 Å². The van der Waals surface area contributed by atoms with Crippen LogP contribution in [0.2, 0.25) is 0 Å². The highest BCUT2D eigenvalue weighted by Gasteiger charge is 2.39. The van der Waals surface area contributed by atoms with E-state index in [1.807, 2.05) is 6.92 Å². The Morgan fingerprint density at radius 1 is 1.53 bits per heavy atom. The van der Waals surface area contributed by atoms with Gasteiger partial charge in [-0.15, -0.1) is 0 Å². The Hall–Kier alpha value is -1.43. The second-order valence-corrected chi connectivity index (χ2v) is 5.35. The van der Waals surface area contributed by atoms with Crippen molar-refractivity contribution in [3.05, 3.63) is 12.2 Å². The summed E-state index contributed by atoms with van der Waals surface area (Å²) >= 11 is 0.